The molecule has 21 heavy (non-hydrogen) atoms. The van der Waals surface area contributed by atoms with Gasteiger partial charge in [-0.3, -0.25) is 14.9 Å². The molecule has 2 rings (SSSR count). The highest BCUT2D eigenvalue weighted by molar-refractivity contribution is 5.77. The van der Waals surface area contributed by atoms with E-state index in [1.54, 1.807) is 4.68 Å². The van der Waals surface area contributed by atoms with Crippen LogP contribution in [0.1, 0.15) is 43.0 Å². The summed E-state index contributed by atoms with van der Waals surface area (Å²) in [7, 11) is 1.38. The van der Waals surface area contributed by atoms with Gasteiger partial charge in [0.15, 0.2) is 6.29 Å². The van der Waals surface area contributed by atoms with Gasteiger partial charge in [0.25, 0.3) is 0 Å². The Morgan fingerprint density at radius 2 is 2.19 bits per heavy atom. The summed E-state index contributed by atoms with van der Waals surface area (Å²) in [6, 6.07) is 0.103. The maximum Gasteiger partial charge on any atom is 0.305 e. The molecule has 1 aliphatic heterocycles. The van der Waals surface area contributed by atoms with Crippen molar-refractivity contribution in [2.45, 2.75) is 52.4 Å². The monoisotopic (exact) mass is 294 g/mol. The van der Waals surface area contributed by atoms with Gasteiger partial charge in [0.05, 0.1) is 12.8 Å². The Hall–Kier alpha value is -1.89. The van der Waals surface area contributed by atoms with E-state index in [4.69, 9.17) is 0 Å². The van der Waals surface area contributed by atoms with Crippen LogP contribution in [0, 0.1) is 13.8 Å². The van der Waals surface area contributed by atoms with Crippen LogP contribution in [-0.4, -0.2) is 34.8 Å². The van der Waals surface area contributed by atoms with Crippen molar-refractivity contribution in [1.29, 1.82) is 0 Å². The molecule has 2 N–H and O–H groups in total. The van der Waals surface area contributed by atoms with Crippen LogP contribution in [-0.2, 0) is 20.7 Å². The summed E-state index contributed by atoms with van der Waals surface area (Å²) in [5.41, 5.74) is 2.84. The summed E-state index contributed by atoms with van der Waals surface area (Å²) in [5, 5.41) is 10.7. The fourth-order valence-electron chi connectivity index (χ4n) is 2.63. The number of aryl methyl sites for hydroxylation is 1. The molecule has 1 aromatic rings. The van der Waals surface area contributed by atoms with Gasteiger partial charge in [0.1, 0.15) is 0 Å². The number of amides is 1. The standard InChI is InChI=1S/C14H22N4O3/c1-8-7-12(19)16-14(15-8)18-10(3)11(9(2)17-18)5-6-13(20)21-4/h8,14-15H,5-7H2,1-4H3,(H,16,19). The van der Waals surface area contributed by atoms with Crippen molar-refractivity contribution < 1.29 is 14.3 Å². The molecule has 2 heterocycles. The van der Waals surface area contributed by atoms with Gasteiger partial charge in [-0.05, 0) is 32.8 Å². The maximum absolute atomic E-state index is 11.7. The third-order valence-corrected chi connectivity index (χ3v) is 3.76. The van der Waals surface area contributed by atoms with Gasteiger partial charge < -0.3 is 10.1 Å². The van der Waals surface area contributed by atoms with Crippen molar-refractivity contribution >= 4 is 11.9 Å². The first kappa shape index (κ1) is 15.5. The largest absolute Gasteiger partial charge is 0.469 e. The number of rotatable bonds is 4. The molecule has 1 aliphatic rings. The molecule has 116 valence electrons. The van der Waals surface area contributed by atoms with E-state index >= 15 is 0 Å². The molecule has 0 saturated carbocycles. The van der Waals surface area contributed by atoms with Crippen LogP contribution in [0.4, 0.5) is 0 Å². The summed E-state index contributed by atoms with van der Waals surface area (Å²) >= 11 is 0. The van der Waals surface area contributed by atoms with Crippen molar-refractivity contribution in [3.63, 3.8) is 0 Å². The average molecular weight is 294 g/mol. The van der Waals surface area contributed by atoms with Gasteiger partial charge >= 0.3 is 5.97 Å². The molecule has 0 spiro atoms. The zero-order valence-corrected chi connectivity index (χ0v) is 12.9. The molecule has 7 nitrogen and oxygen atoms in total. The highest BCUT2D eigenvalue weighted by Crippen LogP contribution is 2.19. The van der Waals surface area contributed by atoms with Crippen molar-refractivity contribution in [3.8, 4) is 0 Å². The molecule has 7 heteroatoms. The third-order valence-electron chi connectivity index (χ3n) is 3.76. The molecule has 2 unspecified atom stereocenters. The number of carbonyl (C=O) groups is 2. The van der Waals surface area contributed by atoms with Crippen LogP contribution in [0.15, 0.2) is 0 Å². The lowest BCUT2D eigenvalue weighted by Gasteiger charge is -2.30. The Balaban J connectivity index is 2.18. The number of nitrogens with zero attached hydrogens (tertiary/aromatic N) is 2. The molecule has 0 aromatic carbocycles. The topological polar surface area (TPSA) is 85.2 Å². The third kappa shape index (κ3) is 3.41. The molecular formula is C14H22N4O3. The highest BCUT2D eigenvalue weighted by atomic mass is 16.5. The van der Waals surface area contributed by atoms with Gasteiger partial charge in [-0.2, -0.15) is 5.10 Å². The second kappa shape index (κ2) is 6.26. The van der Waals surface area contributed by atoms with E-state index < -0.39 is 0 Å². The number of nitrogens with one attached hydrogen (secondary N) is 2. The van der Waals surface area contributed by atoms with Gasteiger partial charge in [-0.1, -0.05) is 0 Å². The van der Waals surface area contributed by atoms with Crippen LogP contribution in [0.2, 0.25) is 0 Å². The van der Waals surface area contributed by atoms with Gasteiger partial charge in [-0.15, -0.1) is 0 Å². The number of hydrogen-bond donors (Lipinski definition) is 2. The first-order chi connectivity index (χ1) is 9.92. The van der Waals surface area contributed by atoms with Crippen LogP contribution in [0.25, 0.3) is 0 Å². The lowest BCUT2D eigenvalue weighted by atomic mass is 10.1. The Labute approximate surface area is 124 Å². The molecule has 1 amide bonds. The second-order valence-electron chi connectivity index (χ2n) is 5.41. The quantitative estimate of drug-likeness (QED) is 0.793. The lowest BCUT2D eigenvalue weighted by Crippen LogP contribution is -2.52. The minimum Gasteiger partial charge on any atom is -0.469 e. The summed E-state index contributed by atoms with van der Waals surface area (Å²) in [6.45, 7) is 5.82. The van der Waals surface area contributed by atoms with Crippen LogP contribution in [0.3, 0.4) is 0 Å². The van der Waals surface area contributed by atoms with E-state index in [1.165, 1.54) is 7.11 Å². The Morgan fingerprint density at radius 3 is 2.81 bits per heavy atom. The Morgan fingerprint density at radius 1 is 1.48 bits per heavy atom. The molecule has 2 atom stereocenters. The van der Waals surface area contributed by atoms with Crippen LogP contribution in [0.5, 0.6) is 0 Å². The van der Waals surface area contributed by atoms with Crippen LogP contribution < -0.4 is 10.6 Å². The first-order valence-electron chi connectivity index (χ1n) is 7.09. The zero-order valence-electron chi connectivity index (χ0n) is 12.9. The Bertz CT molecular complexity index is 553. The number of esters is 1. The SMILES string of the molecule is COC(=O)CCc1c(C)nn(C2NC(=O)CC(C)N2)c1C. The van der Waals surface area contributed by atoms with E-state index in [1.807, 2.05) is 20.8 Å². The summed E-state index contributed by atoms with van der Waals surface area (Å²) in [5.74, 6) is -0.228. The zero-order chi connectivity index (χ0) is 15.6. The van der Waals surface area contributed by atoms with Gasteiger partial charge in [-0.25, -0.2) is 4.68 Å². The minimum absolute atomic E-state index is 0.00918. The van der Waals surface area contributed by atoms with E-state index in [0.717, 1.165) is 17.0 Å². The van der Waals surface area contributed by atoms with E-state index in [2.05, 4.69) is 20.5 Å². The summed E-state index contributed by atoms with van der Waals surface area (Å²) in [6.07, 6.45) is 1.03. The summed E-state index contributed by atoms with van der Waals surface area (Å²) in [4.78, 5) is 22.9. The van der Waals surface area contributed by atoms with Crippen molar-refractivity contribution in [3.05, 3.63) is 17.0 Å². The molecule has 0 aliphatic carbocycles. The lowest BCUT2D eigenvalue weighted by molar-refractivity contribution is -0.140. The Kier molecular flexibility index (Phi) is 4.62. The fraction of sp³-hybridized carbons (Fsp3) is 0.643. The van der Waals surface area contributed by atoms with Gasteiger partial charge in [0, 0.05) is 24.6 Å². The fourth-order valence-corrected chi connectivity index (χ4v) is 2.63. The van der Waals surface area contributed by atoms with Crippen molar-refractivity contribution in [2.75, 3.05) is 7.11 Å². The van der Waals surface area contributed by atoms with Gasteiger partial charge in [0.2, 0.25) is 5.91 Å². The molecule has 1 aromatic heterocycles. The maximum atomic E-state index is 11.7. The average Bonchev–Trinajstić information content (AvgIpc) is 2.70. The minimum atomic E-state index is -0.341. The number of carbonyl (C=O) groups excluding carboxylic acids is 2. The number of methoxy groups -OCH3 is 1. The van der Waals surface area contributed by atoms with E-state index in [9.17, 15) is 9.59 Å². The molecule has 1 saturated heterocycles. The van der Waals surface area contributed by atoms with Crippen molar-refractivity contribution in [2.24, 2.45) is 0 Å². The predicted octanol–water partition coefficient (Wildman–Crippen LogP) is 0.560. The normalized spacial score (nSPS) is 22.0. The van der Waals surface area contributed by atoms with Crippen LogP contribution >= 0.6 is 0 Å². The molecular weight excluding hydrogens is 272 g/mol. The second-order valence-corrected chi connectivity index (χ2v) is 5.41. The molecule has 1 fully saturated rings. The smallest absolute Gasteiger partial charge is 0.305 e. The number of hydrogen-bond acceptors (Lipinski definition) is 5. The van der Waals surface area contributed by atoms with E-state index in [-0.39, 0.29) is 24.2 Å². The molecule has 0 bridgehead atoms. The first-order valence-corrected chi connectivity index (χ1v) is 7.09. The number of ether oxygens (including phenoxy) is 1. The number of aromatic nitrogens is 2. The predicted molar refractivity (Wildman–Crippen MR) is 76.4 cm³/mol. The highest BCUT2D eigenvalue weighted by Gasteiger charge is 2.26. The summed E-state index contributed by atoms with van der Waals surface area (Å²) < 4.78 is 6.44. The van der Waals surface area contributed by atoms with E-state index in [0.29, 0.717) is 19.3 Å². The van der Waals surface area contributed by atoms with Crippen molar-refractivity contribution in [1.82, 2.24) is 20.4 Å². The molecule has 0 radical (unpaired) electrons.